The molecule has 1 saturated heterocycles. The minimum absolute atomic E-state index is 0.0802. The first-order chi connectivity index (χ1) is 15.1. The Hall–Kier alpha value is -3.59. The van der Waals surface area contributed by atoms with Gasteiger partial charge in [-0.3, -0.25) is 4.79 Å². The molecule has 0 aliphatic carbocycles. The Morgan fingerprint density at radius 2 is 1.81 bits per heavy atom. The summed E-state index contributed by atoms with van der Waals surface area (Å²) in [5.74, 6) is 0.644. The van der Waals surface area contributed by atoms with Crippen LogP contribution in [0.1, 0.15) is 23.2 Å². The second kappa shape index (κ2) is 7.92. The van der Waals surface area contributed by atoms with Gasteiger partial charge in [-0.1, -0.05) is 12.1 Å². The van der Waals surface area contributed by atoms with Gasteiger partial charge in [0.25, 0.3) is 5.91 Å². The molecule has 3 heterocycles. The molecule has 1 fully saturated rings. The Morgan fingerprint density at radius 1 is 1.06 bits per heavy atom. The zero-order chi connectivity index (χ0) is 21.4. The van der Waals surface area contributed by atoms with Gasteiger partial charge >= 0.3 is 0 Å². The highest BCUT2D eigenvalue weighted by Gasteiger charge is 2.24. The number of fused-ring (bicyclic) bond motifs is 3. The van der Waals surface area contributed by atoms with Crippen molar-refractivity contribution in [1.29, 1.82) is 0 Å². The fraction of sp³-hybridized carbons (Fsp3) is 0.318. The van der Waals surface area contributed by atoms with Crippen molar-refractivity contribution in [2.24, 2.45) is 0 Å². The molecule has 0 unspecified atom stereocenters. The van der Waals surface area contributed by atoms with Crippen molar-refractivity contribution in [2.45, 2.75) is 18.9 Å². The zero-order valence-electron chi connectivity index (χ0n) is 17.6. The Labute approximate surface area is 179 Å². The molecule has 0 radical (unpaired) electrons. The van der Waals surface area contributed by atoms with Gasteiger partial charge in [0.15, 0.2) is 5.82 Å². The normalized spacial score (nSPS) is 15.1. The van der Waals surface area contributed by atoms with Gasteiger partial charge in [-0.15, -0.1) is 5.10 Å². The monoisotopic (exact) mass is 416 g/mol. The summed E-state index contributed by atoms with van der Waals surface area (Å²) in [5, 5.41) is 15.3. The van der Waals surface area contributed by atoms with Crippen molar-refractivity contribution in [1.82, 2.24) is 34.8 Å². The van der Waals surface area contributed by atoms with Crippen LogP contribution in [0.3, 0.4) is 0 Å². The SMILES string of the molecule is CN(C)C1CCN(C(=O)c2ccc(Nc3nc4ccccc4n4nnnc34)cc2)CC1. The molecule has 0 bridgehead atoms. The van der Waals surface area contributed by atoms with E-state index in [9.17, 15) is 4.79 Å². The van der Waals surface area contributed by atoms with Crippen molar-refractivity contribution < 1.29 is 4.79 Å². The predicted octanol–water partition coefficient (Wildman–Crippen LogP) is 2.58. The molecule has 2 aromatic heterocycles. The first-order valence-electron chi connectivity index (χ1n) is 10.4. The smallest absolute Gasteiger partial charge is 0.253 e. The van der Waals surface area contributed by atoms with Crippen LogP contribution in [0.15, 0.2) is 48.5 Å². The Kier molecular flexibility index (Phi) is 4.95. The maximum atomic E-state index is 12.9. The van der Waals surface area contributed by atoms with Crippen LogP contribution < -0.4 is 5.32 Å². The molecule has 1 aliphatic heterocycles. The first-order valence-corrected chi connectivity index (χ1v) is 10.4. The number of aromatic nitrogens is 5. The summed E-state index contributed by atoms with van der Waals surface area (Å²) in [6.07, 6.45) is 2.02. The number of tetrazole rings is 1. The number of likely N-dealkylation sites (tertiary alicyclic amines) is 1. The summed E-state index contributed by atoms with van der Waals surface area (Å²) in [6.45, 7) is 1.58. The second-order valence-corrected chi connectivity index (χ2v) is 8.05. The Morgan fingerprint density at radius 3 is 2.55 bits per heavy atom. The van der Waals surface area contributed by atoms with E-state index in [1.54, 1.807) is 4.52 Å². The molecule has 158 valence electrons. The number of hydrogen-bond donors (Lipinski definition) is 1. The lowest BCUT2D eigenvalue weighted by Crippen LogP contribution is -2.44. The molecule has 9 nitrogen and oxygen atoms in total. The van der Waals surface area contributed by atoms with E-state index < -0.39 is 0 Å². The summed E-state index contributed by atoms with van der Waals surface area (Å²) >= 11 is 0. The van der Waals surface area contributed by atoms with Gasteiger partial charge in [-0.2, -0.15) is 4.52 Å². The fourth-order valence-electron chi connectivity index (χ4n) is 4.09. The predicted molar refractivity (Wildman–Crippen MR) is 118 cm³/mol. The third-order valence-electron chi connectivity index (χ3n) is 5.90. The standard InChI is InChI=1S/C22H24N8O/c1-28(2)17-11-13-29(14-12-17)22(31)15-7-9-16(10-8-15)23-20-21-25-26-27-30(21)19-6-4-3-5-18(19)24-20/h3-10,17H,11-14H2,1-2H3,(H,23,24). The number of benzene rings is 2. The van der Waals surface area contributed by atoms with Gasteiger partial charge in [-0.05, 0) is 73.8 Å². The second-order valence-electron chi connectivity index (χ2n) is 8.05. The van der Waals surface area contributed by atoms with Crippen LogP contribution in [-0.4, -0.2) is 74.0 Å². The molecule has 1 N–H and O–H groups in total. The molecule has 2 aromatic carbocycles. The van der Waals surface area contributed by atoms with Crippen LogP contribution in [0.5, 0.6) is 0 Å². The molecule has 1 amide bonds. The van der Waals surface area contributed by atoms with Crippen LogP contribution in [0.25, 0.3) is 16.7 Å². The van der Waals surface area contributed by atoms with Crippen molar-refractivity contribution in [2.75, 3.05) is 32.5 Å². The number of nitrogens with zero attached hydrogens (tertiary/aromatic N) is 7. The van der Waals surface area contributed by atoms with Gasteiger partial charge < -0.3 is 15.1 Å². The number of carbonyl (C=O) groups is 1. The lowest BCUT2D eigenvalue weighted by molar-refractivity contribution is 0.0663. The number of rotatable bonds is 4. The van der Waals surface area contributed by atoms with Gasteiger partial charge in [0.2, 0.25) is 5.65 Å². The maximum absolute atomic E-state index is 12.9. The third kappa shape index (κ3) is 3.68. The van der Waals surface area contributed by atoms with Crippen LogP contribution in [0.4, 0.5) is 11.5 Å². The average molecular weight is 416 g/mol. The molecule has 0 spiro atoms. The van der Waals surface area contributed by atoms with E-state index in [1.807, 2.05) is 53.4 Å². The highest BCUT2D eigenvalue weighted by molar-refractivity contribution is 5.94. The van der Waals surface area contributed by atoms with Crippen molar-refractivity contribution >= 4 is 34.1 Å². The van der Waals surface area contributed by atoms with Gasteiger partial charge in [0.1, 0.15) is 0 Å². The number of amides is 1. The minimum atomic E-state index is 0.0802. The van der Waals surface area contributed by atoms with Gasteiger partial charge in [0.05, 0.1) is 11.0 Å². The van der Waals surface area contributed by atoms with E-state index in [4.69, 9.17) is 0 Å². The van der Waals surface area contributed by atoms with E-state index >= 15 is 0 Å². The zero-order valence-corrected chi connectivity index (χ0v) is 17.6. The fourth-order valence-corrected chi connectivity index (χ4v) is 4.09. The van der Waals surface area contributed by atoms with Crippen molar-refractivity contribution in [3.05, 3.63) is 54.1 Å². The molecule has 31 heavy (non-hydrogen) atoms. The summed E-state index contributed by atoms with van der Waals surface area (Å²) in [7, 11) is 4.20. The number of para-hydroxylation sites is 2. The summed E-state index contributed by atoms with van der Waals surface area (Å²) in [6, 6.07) is 15.7. The Bertz CT molecular complexity index is 1230. The Balaban J connectivity index is 1.34. The number of piperidine rings is 1. The molecule has 1 aliphatic rings. The summed E-state index contributed by atoms with van der Waals surface area (Å²) in [5.41, 5.74) is 3.68. The van der Waals surface area contributed by atoms with E-state index in [-0.39, 0.29) is 5.91 Å². The van der Waals surface area contributed by atoms with E-state index in [2.05, 4.69) is 44.8 Å². The molecule has 0 saturated carbocycles. The third-order valence-corrected chi connectivity index (χ3v) is 5.90. The summed E-state index contributed by atoms with van der Waals surface area (Å²) in [4.78, 5) is 21.7. The highest BCUT2D eigenvalue weighted by Crippen LogP contribution is 2.23. The lowest BCUT2D eigenvalue weighted by atomic mass is 10.0. The van der Waals surface area contributed by atoms with Crippen LogP contribution in [0.2, 0.25) is 0 Å². The molecule has 5 rings (SSSR count). The first kappa shape index (κ1) is 19.4. The highest BCUT2D eigenvalue weighted by atomic mass is 16.2. The van der Waals surface area contributed by atoms with Crippen molar-refractivity contribution in [3.8, 4) is 0 Å². The van der Waals surface area contributed by atoms with Gasteiger partial charge in [0, 0.05) is 30.4 Å². The lowest BCUT2D eigenvalue weighted by Gasteiger charge is -2.35. The molecule has 4 aromatic rings. The molecular formula is C22H24N8O. The van der Waals surface area contributed by atoms with E-state index in [1.165, 1.54) is 0 Å². The average Bonchev–Trinajstić information content (AvgIpc) is 3.30. The molecular weight excluding hydrogens is 392 g/mol. The van der Waals surface area contributed by atoms with Crippen LogP contribution >= 0.6 is 0 Å². The summed E-state index contributed by atoms with van der Waals surface area (Å²) < 4.78 is 1.67. The van der Waals surface area contributed by atoms with Gasteiger partial charge in [-0.25, -0.2) is 4.98 Å². The van der Waals surface area contributed by atoms with Crippen LogP contribution in [0, 0.1) is 0 Å². The number of nitrogens with one attached hydrogen (secondary N) is 1. The van der Waals surface area contributed by atoms with Crippen molar-refractivity contribution in [3.63, 3.8) is 0 Å². The number of hydrogen-bond acceptors (Lipinski definition) is 7. The topological polar surface area (TPSA) is 91.5 Å². The van der Waals surface area contributed by atoms with Crippen LogP contribution in [-0.2, 0) is 0 Å². The largest absolute Gasteiger partial charge is 0.339 e. The van der Waals surface area contributed by atoms with E-state index in [0.717, 1.165) is 42.7 Å². The molecule has 9 heteroatoms. The quantitative estimate of drug-likeness (QED) is 0.547. The maximum Gasteiger partial charge on any atom is 0.253 e. The van der Waals surface area contributed by atoms with E-state index in [0.29, 0.717) is 23.1 Å². The minimum Gasteiger partial charge on any atom is -0.339 e. The molecule has 0 atom stereocenters. The number of anilines is 2. The number of carbonyl (C=O) groups excluding carboxylic acids is 1.